The topological polar surface area (TPSA) is 83.2 Å². The minimum absolute atomic E-state index is 0.0984. The molecular formula is C21H37N5O3. The Morgan fingerprint density at radius 3 is 2.55 bits per heavy atom. The number of nitrogens with one attached hydrogen (secondary N) is 1. The number of piperazine rings is 1. The lowest BCUT2D eigenvalue weighted by atomic mass is 10.1. The van der Waals surface area contributed by atoms with Crippen molar-refractivity contribution < 1.29 is 14.1 Å². The smallest absolute Gasteiger partial charge is 0.306 e. The van der Waals surface area contributed by atoms with Crippen LogP contribution in [0, 0.1) is 0 Å². The van der Waals surface area contributed by atoms with E-state index in [0.29, 0.717) is 6.42 Å². The Hall–Kier alpha value is -2.09. The molecule has 0 aromatic carbocycles. The van der Waals surface area contributed by atoms with Crippen molar-refractivity contribution in [2.45, 2.75) is 65.0 Å². The van der Waals surface area contributed by atoms with Crippen LogP contribution in [0.4, 0.5) is 0 Å². The second-order valence-electron chi connectivity index (χ2n) is 8.48. The minimum Gasteiger partial charge on any atom is -0.460 e. The van der Waals surface area contributed by atoms with Crippen LogP contribution in [0.1, 0.15) is 58.6 Å². The second kappa shape index (κ2) is 11.8. The lowest BCUT2D eigenvalue weighted by Gasteiger charge is -2.36. The fourth-order valence-corrected chi connectivity index (χ4v) is 3.34. The van der Waals surface area contributed by atoms with Gasteiger partial charge in [0.05, 0.1) is 5.69 Å². The summed E-state index contributed by atoms with van der Waals surface area (Å²) in [5.74, 6) is 0.874. The molecule has 1 aliphatic rings. The Bertz CT molecular complexity index is 617. The van der Waals surface area contributed by atoms with Crippen molar-refractivity contribution in [3.8, 4) is 0 Å². The number of carbonyl (C=O) groups is 1. The highest BCUT2D eigenvalue weighted by Gasteiger charge is 2.20. The van der Waals surface area contributed by atoms with Crippen LogP contribution in [-0.4, -0.2) is 72.3 Å². The van der Waals surface area contributed by atoms with E-state index in [4.69, 9.17) is 9.26 Å². The lowest BCUT2D eigenvalue weighted by molar-refractivity contribution is -0.154. The molecule has 29 heavy (non-hydrogen) atoms. The van der Waals surface area contributed by atoms with E-state index >= 15 is 0 Å². The summed E-state index contributed by atoms with van der Waals surface area (Å²) in [5.41, 5.74) is 0.589. The van der Waals surface area contributed by atoms with Gasteiger partial charge in [0, 0.05) is 58.8 Å². The molecule has 1 aromatic heterocycles. The Morgan fingerprint density at radius 2 is 1.93 bits per heavy atom. The van der Waals surface area contributed by atoms with Crippen molar-refractivity contribution in [1.29, 1.82) is 0 Å². The first-order valence-corrected chi connectivity index (χ1v) is 10.7. The molecule has 8 nitrogen and oxygen atoms in total. The first-order valence-electron chi connectivity index (χ1n) is 10.7. The number of hydrogen-bond donors (Lipinski definition) is 1. The Morgan fingerprint density at radius 1 is 1.21 bits per heavy atom. The quantitative estimate of drug-likeness (QED) is 0.292. The van der Waals surface area contributed by atoms with Gasteiger partial charge in [-0.25, -0.2) is 0 Å². The van der Waals surface area contributed by atoms with Gasteiger partial charge in [0.25, 0.3) is 0 Å². The molecule has 1 saturated heterocycles. The summed E-state index contributed by atoms with van der Waals surface area (Å²) in [6.45, 7) is 11.3. The molecule has 0 aliphatic carbocycles. The van der Waals surface area contributed by atoms with Gasteiger partial charge in [-0.2, -0.15) is 0 Å². The van der Waals surface area contributed by atoms with Gasteiger partial charge in [-0.05, 0) is 33.6 Å². The van der Waals surface area contributed by atoms with Crippen molar-refractivity contribution in [3.63, 3.8) is 0 Å². The summed E-state index contributed by atoms with van der Waals surface area (Å²) >= 11 is 0. The molecule has 1 aromatic rings. The zero-order valence-electron chi connectivity index (χ0n) is 18.4. The lowest BCUT2D eigenvalue weighted by Crippen LogP contribution is -2.52. The average molecular weight is 408 g/mol. The van der Waals surface area contributed by atoms with E-state index in [9.17, 15) is 4.79 Å². The van der Waals surface area contributed by atoms with E-state index < -0.39 is 5.60 Å². The number of hydrogen-bond acceptors (Lipinski definition) is 6. The summed E-state index contributed by atoms with van der Waals surface area (Å²) in [7, 11) is 1.84. The van der Waals surface area contributed by atoms with Gasteiger partial charge >= 0.3 is 5.97 Å². The monoisotopic (exact) mass is 407 g/mol. The van der Waals surface area contributed by atoms with Crippen molar-refractivity contribution in [1.82, 2.24) is 20.3 Å². The molecule has 1 fully saturated rings. The van der Waals surface area contributed by atoms with E-state index in [2.05, 4.69) is 25.3 Å². The molecule has 1 N–H and O–H groups in total. The highest BCUT2D eigenvalue weighted by Crippen LogP contribution is 2.11. The predicted molar refractivity (Wildman–Crippen MR) is 114 cm³/mol. The normalized spacial score (nSPS) is 16.1. The number of rotatable bonds is 9. The summed E-state index contributed by atoms with van der Waals surface area (Å²) in [6, 6.07) is 1.92. The number of guanidine groups is 1. The maximum absolute atomic E-state index is 11.7. The molecule has 0 unspecified atom stereocenters. The van der Waals surface area contributed by atoms with Crippen molar-refractivity contribution in [2.75, 3.05) is 39.8 Å². The SMILES string of the molecule is CN=C(NCCCCCCC(=O)OC(C)(C)C)N1CCN(Cc2ccon2)CC1. The third-order valence-electron chi connectivity index (χ3n) is 4.77. The van der Waals surface area contributed by atoms with Crippen molar-refractivity contribution in [2.24, 2.45) is 4.99 Å². The van der Waals surface area contributed by atoms with Crippen LogP contribution in [0.25, 0.3) is 0 Å². The number of aliphatic imine (C=N–C) groups is 1. The van der Waals surface area contributed by atoms with Crippen LogP contribution >= 0.6 is 0 Å². The molecule has 0 spiro atoms. The van der Waals surface area contributed by atoms with E-state index in [-0.39, 0.29) is 5.97 Å². The average Bonchev–Trinajstić information content (AvgIpc) is 3.16. The summed E-state index contributed by atoms with van der Waals surface area (Å²) in [4.78, 5) is 20.8. The van der Waals surface area contributed by atoms with Gasteiger partial charge in [0.15, 0.2) is 5.96 Å². The maximum atomic E-state index is 11.7. The Balaban J connectivity index is 1.54. The van der Waals surface area contributed by atoms with Gasteiger partial charge in [-0.3, -0.25) is 14.7 Å². The fraction of sp³-hybridized carbons (Fsp3) is 0.762. The molecule has 0 amide bonds. The highest BCUT2D eigenvalue weighted by atomic mass is 16.6. The molecular weight excluding hydrogens is 370 g/mol. The number of aromatic nitrogens is 1. The van der Waals surface area contributed by atoms with Crippen LogP contribution in [-0.2, 0) is 16.1 Å². The minimum atomic E-state index is -0.390. The van der Waals surface area contributed by atoms with Gasteiger partial charge in [0.1, 0.15) is 11.9 Å². The fourth-order valence-electron chi connectivity index (χ4n) is 3.34. The van der Waals surface area contributed by atoms with Crippen molar-refractivity contribution >= 4 is 11.9 Å². The molecule has 0 radical (unpaired) electrons. The van der Waals surface area contributed by atoms with Crippen LogP contribution in [0.5, 0.6) is 0 Å². The second-order valence-corrected chi connectivity index (χ2v) is 8.48. The molecule has 164 valence electrons. The Kier molecular flexibility index (Phi) is 9.44. The molecule has 1 aliphatic heterocycles. The van der Waals surface area contributed by atoms with Crippen LogP contribution in [0.2, 0.25) is 0 Å². The number of esters is 1. The van der Waals surface area contributed by atoms with Gasteiger partial charge < -0.3 is 19.5 Å². The van der Waals surface area contributed by atoms with Gasteiger partial charge in [-0.1, -0.05) is 18.0 Å². The predicted octanol–water partition coefficient (Wildman–Crippen LogP) is 2.66. The largest absolute Gasteiger partial charge is 0.460 e. The first-order chi connectivity index (χ1) is 13.9. The summed E-state index contributed by atoms with van der Waals surface area (Å²) in [5, 5.41) is 7.45. The molecule has 2 rings (SSSR count). The number of unbranched alkanes of at least 4 members (excludes halogenated alkanes) is 3. The van der Waals surface area contributed by atoms with E-state index in [0.717, 1.165) is 76.6 Å². The third-order valence-corrected chi connectivity index (χ3v) is 4.77. The number of carbonyl (C=O) groups excluding carboxylic acids is 1. The third kappa shape index (κ3) is 9.30. The summed E-state index contributed by atoms with van der Waals surface area (Å²) in [6.07, 6.45) is 6.22. The Labute approximate surface area is 174 Å². The van der Waals surface area contributed by atoms with E-state index in [1.165, 1.54) is 0 Å². The number of ether oxygens (including phenoxy) is 1. The number of nitrogens with zero attached hydrogens (tertiary/aromatic N) is 4. The summed E-state index contributed by atoms with van der Waals surface area (Å²) < 4.78 is 10.2. The molecule has 0 bridgehead atoms. The van der Waals surface area contributed by atoms with Gasteiger partial charge in [0.2, 0.25) is 0 Å². The van der Waals surface area contributed by atoms with E-state index in [1.807, 2.05) is 33.9 Å². The zero-order valence-corrected chi connectivity index (χ0v) is 18.4. The van der Waals surface area contributed by atoms with Gasteiger partial charge in [-0.15, -0.1) is 0 Å². The highest BCUT2D eigenvalue weighted by molar-refractivity contribution is 5.79. The van der Waals surface area contributed by atoms with Crippen molar-refractivity contribution in [3.05, 3.63) is 18.0 Å². The molecule has 0 atom stereocenters. The molecule has 0 saturated carbocycles. The van der Waals surface area contributed by atoms with E-state index in [1.54, 1.807) is 6.26 Å². The maximum Gasteiger partial charge on any atom is 0.306 e. The molecule has 8 heteroatoms. The van der Waals surface area contributed by atoms with Crippen LogP contribution in [0.15, 0.2) is 21.8 Å². The standard InChI is InChI=1S/C21H37N5O3/c1-21(2,3)29-19(27)9-7-5-6-8-11-23-20(22-4)26-14-12-25(13-15-26)17-18-10-16-28-24-18/h10,16H,5-9,11-15,17H2,1-4H3,(H,22,23). The van der Waals surface area contributed by atoms with Crippen LogP contribution < -0.4 is 5.32 Å². The zero-order chi connectivity index (χ0) is 21.1. The first kappa shape index (κ1) is 23.2. The van der Waals surface area contributed by atoms with Crippen LogP contribution in [0.3, 0.4) is 0 Å². The molecule has 2 heterocycles.